The van der Waals surface area contributed by atoms with Crippen LogP contribution in [0.1, 0.15) is 19.8 Å². The van der Waals surface area contributed by atoms with Crippen LogP contribution in [0.25, 0.3) is 0 Å². The van der Waals surface area contributed by atoms with Gasteiger partial charge in [-0.1, -0.05) is 0 Å². The zero-order valence-electron chi connectivity index (χ0n) is 11.3. The Labute approximate surface area is 113 Å². The average Bonchev–Trinajstić information content (AvgIpc) is 2.34. The second-order valence-corrected chi connectivity index (χ2v) is 5.78. The van der Waals surface area contributed by atoms with Crippen LogP contribution in [0.15, 0.2) is 0 Å². The van der Waals surface area contributed by atoms with E-state index in [0.29, 0.717) is 19.4 Å². The molecule has 0 aromatic heterocycles. The first-order valence-corrected chi connectivity index (χ1v) is 7.60. The van der Waals surface area contributed by atoms with Crippen molar-refractivity contribution in [1.29, 1.82) is 0 Å². The number of amides is 2. The van der Waals surface area contributed by atoms with Gasteiger partial charge >= 0.3 is 12.0 Å². The van der Waals surface area contributed by atoms with E-state index in [0.717, 1.165) is 12.3 Å². The van der Waals surface area contributed by atoms with Crippen LogP contribution in [0.2, 0.25) is 0 Å². The number of hydrogen-bond acceptors (Lipinski definition) is 3. The van der Waals surface area contributed by atoms with Gasteiger partial charge in [-0.15, -0.1) is 0 Å². The number of carbonyl (C=O) groups is 2. The lowest BCUT2D eigenvalue weighted by molar-refractivity contribution is -0.143. The number of nitrogens with zero attached hydrogens (tertiary/aromatic N) is 2. The fraction of sp³-hybridized carbons (Fsp3) is 0.833. The van der Waals surface area contributed by atoms with Gasteiger partial charge in [-0.2, -0.15) is 11.8 Å². The summed E-state index contributed by atoms with van der Waals surface area (Å²) >= 11 is 1.71. The lowest BCUT2D eigenvalue weighted by Gasteiger charge is -2.38. The molecule has 5 nitrogen and oxygen atoms in total. The van der Waals surface area contributed by atoms with Gasteiger partial charge in [0.05, 0.1) is 5.92 Å². The second kappa shape index (κ2) is 6.87. The van der Waals surface area contributed by atoms with E-state index in [9.17, 15) is 9.59 Å². The normalized spacial score (nSPS) is 23.8. The van der Waals surface area contributed by atoms with Crippen molar-refractivity contribution in [2.24, 2.45) is 5.92 Å². The van der Waals surface area contributed by atoms with E-state index in [1.807, 2.05) is 13.2 Å². The van der Waals surface area contributed by atoms with Gasteiger partial charge in [-0.3, -0.25) is 4.79 Å². The lowest BCUT2D eigenvalue weighted by atomic mass is 9.92. The van der Waals surface area contributed by atoms with Crippen LogP contribution in [0.5, 0.6) is 0 Å². The minimum atomic E-state index is -0.746. The monoisotopic (exact) mass is 274 g/mol. The fourth-order valence-corrected chi connectivity index (χ4v) is 2.68. The number of hydrogen-bond donors (Lipinski definition) is 1. The first-order valence-electron chi connectivity index (χ1n) is 6.20. The van der Waals surface area contributed by atoms with Crippen LogP contribution in [0, 0.1) is 5.92 Å². The highest BCUT2D eigenvalue weighted by Gasteiger charge is 2.33. The zero-order chi connectivity index (χ0) is 13.7. The Morgan fingerprint density at radius 1 is 1.50 bits per heavy atom. The summed E-state index contributed by atoms with van der Waals surface area (Å²) in [6, 6.07) is 0.0180. The maximum atomic E-state index is 12.2. The van der Waals surface area contributed by atoms with Crippen LogP contribution < -0.4 is 0 Å². The molecule has 2 unspecified atom stereocenters. The van der Waals surface area contributed by atoms with E-state index >= 15 is 0 Å². The molecule has 104 valence electrons. The number of piperidine rings is 1. The van der Waals surface area contributed by atoms with Gasteiger partial charge in [0.25, 0.3) is 0 Å². The molecule has 0 radical (unpaired) electrons. The van der Waals surface area contributed by atoms with Gasteiger partial charge < -0.3 is 14.9 Å². The Bertz CT molecular complexity index is 312. The van der Waals surface area contributed by atoms with Gasteiger partial charge in [0.15, 0.2) is 0 Å². The Hall–Kier alpha value is -0.910. The number of carboxylic acids is 1. The minimum Gasteiger partial charge on any atom is -0.481 e. The maximum Gasteiger partial charge on any atom is 0.320 e. The fourth-order valence-electron chi connectivity index (χ4n) is 2.22. The lowest BCUT2D eigenvalue weighted by Crippen LogP contribution is -2.51. The highest BCUT2D eigenvalue weighted by atomic mass is 32.2. The molecule has 1 aliphatic heterocycles. The van der Waals surface area contributed by atoms with Gasteiger partial charge in [0.1, 0.15) is 0 Å². The summed E-state index contributed by atoms with van der Waals surface area (Å²) in [5.41, 5.74) is 0. The predicted octanol–water partition coefficient (Wildman–Crippen LogP) is 1.59. The third-order valence-electron chi connectivity index (χ3n) is 3.43. The molecule has 1 fully saturated rings. The number of likely N-dealkylation sites (tertiary alicyclic amines) is 1. The van der Waals surface area contributed by atoms with Crippen LogP contribution in [-0.2, 0) is 4.79 Å². The second-order valence-electron chi connectivity index (χ2n) is 4.80. The zero-order valence-corrected chi connectivity index (χ0v) is 12.1. The third-order valence-corrected chi connectivity index (χ3v) is 4.02. The predicted molar refractivity (Wildman–Crippen MR) is 72.9 cm³/mol. The summed E-state index contributed by atoms with van der Waals surface area (Å²) in [5.74, 6) is -0.132. The Morgan fingerprint density at radius 2 is 2.17 bits per heavy atom. The van der Waals surface area contributed by atoms with Gasteiger partial charge in [-0.05, 0) is 26.0 Å². The van der Waals surface area contributed by atoms with E-state index in [1.165, 1.54) is 0 Å². The minimum absolute atomic E-state index is 0.00378. The quantitative estimate of drug-likeness (QED) is 0.845. The topological polar surface area (TPSA) is 60.9 Å². The van der Waals surface area contributed by atoms with Gasteiger partial charge in [0.2, 0.25) is 0 Å². The molecule has 1 saturated heterocycles. The molecule has 1 aliphatic rings. The van der Waals surface area contributed by atoms with E-state index in [-0.39, 0.29) is 18.0 Å². The molecular weight excluding hydrogens is 252 g/mol. The van der Waals surface area contributed by atoms with Crippen LogP contribution in [-0.4, -0.2) is 65.1 Å². The molecule has 0 saturated carbocycles. The number of thioether (sulfide) groups is 1. The number of carbonyl (C=O) groups excluding carboxylic acids is 1. The van der Waals surface area contributed by atoms with Crippen molar-refractivity contribution in [3.05, 3.63) is 0 Å². The Balaban J connectivity index is 2.52. The summed E-state index contributed by atoms with van der Waals surface area (Å²) in [6.45, 7) is 3.20. The van der Waals surface area contributed by atoms with Gasteiger partial charge in [-0.25, -0.2) is 4.79 Å². The summed E-state index contributed by atoms with van der Waals surface area (Å²) in [4.78, 5) is 26.6. The molecule has 0 bridgehead atoms. The molecule has 0 aliphatic carbocycles. The maximum absolute atomic E-state index is 12.2. The summed E-state index contributed by atoms with van der Waals surface area (Å²) in [5, 5.41) is 8.99. The third kappa shape index (κ3) is 3.80. The standard InChI is InChI=1S/C12H22N2O3S/c1-9-8-10(11(15)16)4-5-14(9)12(17)13(2)6-7-18-3/h9-10H,4-8H2,1-3H3,(H,15,16). The van der Waals surface area contributed by atoms with Crippen molar-refractivity contribution in [2.45, 2.75) is 25.8 Å². The molecule has 0 spiro atoms. The average molecular weight is 274 g/mol. The van der Waals surface area contributed by atoms with Crippen LogP contribution in [0.4, 0.5) is 4.79 Å². The van der Waals surface area contributed by atoms with E-state index in [2.05, 4.69) is 0 Å². The first kappa shape index (κ1) is 15.1. The molecule has 1 heterocycles. The molecule has 2 atom stereocenters. The molecular formula is C12H22N2O3S. The van der Waals surface area contributed by atoms with Gasteiger partial charge in [0, 0.05) is 31.9 Å². The largest absolute Gasteiger partial charge is 0.481 e. The van der Waals surface area contributed by atoms with E-state index in [1.54, 1.807) is 28.6 Å². The summed E-state index contributed by atoms with van der Waals surface area (Å²) in [7, 11) is 1.80. The number of carboxylic acid groups (broad SMARTS) is 1. The molecule has 1 rings (SSSR count). The Morgan fingerprint density at radius 3 is 2.67 bits per heavy atom. The number of rotatable bonds is 4. The Kier molecular flexibility index (Phi) is 5.78. The molecule has 0 aromatic carbocycles. The summed E-state index contributed by atoms with van der Waals surface area (Å²) in [6.07, 6.45) is 3.12. The highest BCUT2D eigenvalue weighted by molar-refractivity contribution is 7.98. The molecule has 6 heteroatoms. The molecule has 1 N–H and O–H groups in total. The number of aliphatic carboxylic acids is 1. The molecule has 18 heavy (non-hydrogen) atoms. The molecule has 2 amide bonds. The highest BCUT2D eigenvalue weighted by Crippen LogP contribution is 2.23. The van der Waals surface area contributed by atoms with E-state index < -0.39 is 5.97 Å². The van der Waals surface area contributed by atoms with Crippen molar-refractivity contribution < 1.29 is 14.7 Å². The smallest absolute Gasteiger partial charge is 0.320 e. The summed E-state index contributed by atoms with van der Waals surface area (Å²) < 4.78 is 0. The SMILES string of the molecule is CSCCN(C)C(=O)N1CCC(C(=O)O)CC1C. The van der Waals surface area contributed by atoms with Crippen molar-refractivity contribution in [2.75, 3.05) is 32.1 Å². The van der Waals surface area contributed by atoms with Crippen molar-refractivity contribution in [3.8, 4) is 0 Å². The van der Waals surface area contributed by atoms with Crippen molar-refractivity contribution in [3.63, 3.8) is 0 Å². The number of urea groups is 1. The van der Waals surface area contributed by atoms with E-state index in [4.69, 9.17) is 5.11 Å². The van der Waals surface area contributed by atoms with Crippen molar-refractivity contribution >= 4 is 23.8 Å². The van der Waals surface area contributed by atoms with Crippen LogP contribution in [0.3, 0.4) is 0 Å². The molecule has 0 aromatic rings. The first-order chi connectivity index (χ1) is 8.47. The van der Waals surface area contributed by atoms with Crippen LogP contribution >= 0.6 is 11.8 Å². The van der Waals surface area contributed by atoms with Crippen molar-refractivity contribution in [1.82, 2.24) is 9.80 Å².